The number of aryl methyl sites for hydroxylation is 1. The lowest BCUT2D eigenvalue weighted by Crippen LogP contribution is -2.22. The smallest absolute Gasteiger partial charge is 0.193 e. The van der Waals surface area contributed by atoms with Crippen molar-refractivity contribution in [3.8, 4) is 0 Å². The highest BCUT2D eigenvalue weighted by molar-refractivity contribution is 5.92. The lowest BCUT2D eigenvalue weighted by Gasteiger charge is -2.09. The van der Waals surface area contributed by atoms with Gasteiger partial charge in [0, 0.05) is 18.1 Å². The number of hydrogen-bond acceptors (Lipinski definition) is 2. The zero-order valence-electron chi connectivity index (χ0n) is 13.7. The molecular formula is C19H21N5. The van der Waals surface area contributed by atoms with E-state index in [4.69, 9.17) is 5.73 Å². The van der Waals surface area contributed by atoms with E-state index in [-0.39, 0.29) is 0 Å². The minimum absolute atomic E-state index is 0.410. The van der Waals surface area contributed by atoms with E-state index in [9.17, 15) is 0 Å². The second-order valence-corrected chi connectivity index (χ2v) is 5.66. The highest BCUT2D eigenvalue weighted by Gasteiger charge is 2.03. The summed E-state index contributed by atoms with van der Waals surface area (Å²) in [6.07, 6.45) is 3.73. The maximum Gasteiger partial charge on any atom is 0.193 e. The molecule has 0 saturated carbocycles. The zero-order valence-corrected chi connectivity index (χ0v) is 13.7. The number of aliphatic imine (C=N–C) groups is 1. The molecule has 0 aliphatic heterocycles. The summed E-state index contributed by atoms with van der Waals surface area (Å²) in [6, 6.07) is 18.2. The van der Waals surface area contributed by atoms with Crippen molar-refractivity contribution in [1.29, 1.82) is 0 Å². The Morgan fingerprint density at radius 1 is 1.08 bits per heavy atom. The first-order valence-electron chi connectivity index (χ1n) is 7.88. The average Bonchev–Trinajstić information content (AvgIpc) is 3.09. The summed E-state index contributed by atoms with van der Waals surface area (Å²) in [4.78, 5) is 4.46. The molecule has 0 spiro atoms. The van der Waals surface area contributed by atoms with Crippen molar-refractivity contribution in [3.05, 3.63) is 83.7 Å². The van der Waals surface area contributed by atoms with Crippen LogP contribution in [0.25, 0.3) is 0 Å². The van der Waals surface area contributed by atoms with Crippen LogP contribution in [0, 0.1) is 6.92 Å². The SMILES string of the molecule is Cc1ccc(NC(N)=NCc2ccccc2Cn2cccn2)cc1. The lowest BCUT2D eigenvalue weighted by atomic mass is 10.1. The number of rotatable bonds is 5. The number of hydrogen-bond donors (Lipinski definition) is 2. The molecule has 1 aromatic heterocycles. The maximum absolute atomic E-state index is 6.00. The van der Waals surface area contributed by atoms with Gasteiger partial charge in [-0.15, -0.1) is 0 Å². The number of nitrogens with zero attached hydrogens (tertiary/aromatic N) is 3. The Morgan fingerprint density at radius 2 is 1.83 bits per heavy atom. The molecule has 0 aliphatic carbocycles. The molecule has 0 bridgehead atoms. The molecule has 3 aromatic rings. The van der Waals surface area contributed by atoms with E-state index in [1.54, 1.807) is 6.20 Å². The normalized spacial score (nSPS) is 11.5. The Morgan fingerprint density at radius 3 is 2.54 bits per heavy atom. The van der Waals surface area contributed by atoms with E-state index in [0.29, 0.717) is 12.5 Å². The maximum atomic E-state index is 6.00. The Kier molecular flexibility index (Phi) is 4.91. The van der Waals surface area contributed by atoms with Crippen LogP contribution in [0.2, 0.25) is 0 Å². The molecule has 122 valence electrons. The summed E-state index contributed by atoms with van der Waals surface area (Å²) in [7, 11) is 0. The van der Waals surface area contributed by atoms with Gasteiger partial charge >= 0.3 is 0 Å². The van der Waals surface area contributed by atoms with Crippen molar-refractivity contribution in [2.24, 2.45) is 10.7 Å². The number of aromatic nitrogens is 2. The van der Waals surface area contributed by atoms with Crippen LogP contribution in [0.4, 0.5) is 5.69 Å². The highest BCUT2D eigenvalue weighted by Crippen LogP contribution is 2.12. The van der Waals surface area contributed by atoms with Crippen molar-refractivity contribution in [2.45, 2.75) is 20.0 Å². The zero-order chi connectivity index (χ0) is 16.8. The number of nitrogens with two attached hydrogens (primary N) is 1. The quantitative estimate of drug-likeness (QED) is 0.560. The van der Waals surface area contributed by atoms with E-state index in [1.807, 2.05) is 53.3 Å². The molecule has 5 nitrogen and oxygen atoms in total. The molecule has 24 heavy (non-hydrogen) atoms. The Balaban J connectivity index is 1.68. The second-order valence-electron chi connectivity index (χ2n) is 5.66. The monoisotopic (exact) mass is 319 g/mol. The minimum Gasteiger partial charge on any atom is -0.370 e. The van der Waals surface area contributed by atoms with E-state index in [0.717, 1.165) is 17.8 Å². The molecule has 2 aromatic carbocycles. The predicted molar refractivity (Wildman–Crippen MR) is 97.9 cm³/mol. The van der Waals surface area contributed by atoms with Crippen LogP contribution in [0.15, 0.2) is 72.0 Å². The van der Waals surface area contributed by atoms with Gasteiger partial charge in [-0.1, -0.05) is 42.0 Å². The molecule has 0 amide bonds. The minimum atomic E-state index is 0.410. The molecule has 0 fully saturated rings. The van der Waals surface area contributed by atoms with Gasteiger partial charge in [0.2, 0.25) is 0 Å². The van der Waals surface area contributed by atoms with Gasteiger partial charge in [-0.3, -0.25) is 4.68 Å². The fraction of sp³-hybridized carbons (Fsp3) is 0.158. The van der Waals surface area contributed by atoms with Gasteiger partial charge in [0.15, 0.2) is 5.96 Å². The van der Waals surface area contributed by atoms with Gasteiger partial charge in [0.1, 0.15) is 0 Å². The van der Waals surface area contributed by atoms with E-state index in [2.05, 4.69) is 34.5 Å². The number of guanidine groups is 1. The first-order chi connectivity index (χ1) is 11.7. The third kappa shape index (κ3) is 4.23. The Hall–Kier alpha value is -3.08. The molecule has 0 atom stereocenters. The number of anilines is 1. The van der Waals surface area contributed by atoms with Crippen molar-refractivity contribution < 1.29 is 0 Å². The molecule has 3 N–H and O–H groups in total. The lowest BCUT2D eigenvalue weighted by molar-refractivity contribution is 0.681. The van der Waals surface area contributed by atoms with Crippen LogP contribution < -0.4 is 11.1 Å². The van der Waals surface area contributed by atoms with Gasteiger partial charge in [-0.2, -0.15) is 5.10 Å². The first kappa shape index (κ1) is 15.8. The Bertz CT molecular complexity index is 804. The van der Waals surface area contributed by atoms with Crippen molar-refractivity contribution in [2.75, 3.05) is 5.32 Å². The van der Waals surface area contributed by atoms with Gasteiger partial charge in [0.05, 0.1) is 13.1 Å². The van der Waals surface area contributed by atoms with Gasteiger partial charge in [-0.05, 0) is 36.2 Å². The van der Waals surface area contributed by atoms with Crippen LogP contribution in [-0.2, 0) is 13.1 Å². The molecule has 0 aliphatic rings. The summed E-state index contributed by atoms with van der Waals surface area (Å²) in [6.45, 7) is 3.31. The first-order valence-corrected chi connectivity index (χ1v) is 7.88. The Labute approximate surface area is 141 Å². The molecule has 0 radical (unpaired) electrons. The van der Waals surface area contributed by atoms with Gasteiger partial charge in [-0.25, -0.2) is 4.99 Å². The number of nitrogens with one attached hydrogen (secondary N) is 1. The summed E-state index contributed by atoms with van der Waals surface area (Å²) < 4.78 is 1.90. The van der Waals surface area contributed by atoms with Crippen molar-refractivity contribution in [3.63, 3.8) is 0 Å². The van der Waals surface area contributed by atoms with E-state index in [1.165, 1.54) is 11.1 Å². The van der Waals surface area contributed by atoms with E-state index < -0.39 is 0 Å². The standard InChI is InChI=1S/C19H21N5/c1-15-7-9-18(10-8-15)23-19(20)21-13-16-5-2-3-6-17(16)14-24-12-4-11-22-24/h2-12H,13-14H2,1H3,(H3,20,21,23). The summed E-state index contributed by atoms with van der Waals surface area (Å²) in [5, 5.41) is 7.37. The van der Waals surface area contributed by atoms with Crippen LogP contribution in [0.5, 0.6) is 0 Å². The van der Waals surface area contributed by atoms with Crippen molar-refractivity contribution in [1.82, 2.24) is 9.78 Å². The summed E-state index contributed by atoms with van der Waals surface area (Å²) in [5.74, 6) is 0.410. The highest BCUT2D eigenvalue weighted by atomic mass is 15.3. The summed E-state index contributed by atoms with van der Waals surface area (Å²) >= 11 is 0. The van der Waals surface area contributed by atoms with Gasteiger partial charge < -0.3 is 11.1 Å². The predicted octanol–water partition coefficient (Wildman–Crippen LogP) is 3.17. The third-order valence-corrected chi connectivity index (χ3v) is 3.75. The van der Waals surface area contributed by atoms with E-state index >= 15 is 0 Å². The summed E-state index contributed by atoms with van der Waals surface area (Å²) in [5.41, 5.74) is 10.5. The van der Waals surface area contributed by atoms with Crippen LogP contribution in [-0.4, -0.2) is 15.7 Å². The molecule has 3 rings (SSSR count). The second kappa shape index (κ2) is 7.46. The van der Waals surface area contributed by atoms with Crippen molar-refractivity contribution >= 4 is 11.6 Å². The average molecular weight is 319 g/mol. The molecule has 0 saturated heterocycles. The largest absolute Gasteiger partial charge is 0.370 e. The fourth-order valence-corrected chi connectivity index (χ4v) is 2.43. The topological polar surface area (TPSA) is 68.2 Å². The third-order valence-electron chi connectivity index (χ3n) is 3.75. The fourth-order valence-electron chi connectivity index (χ4n) is 2.43. The number of benzene rings is 2. The van der Waals surface area contributed by atoms with Gasteiger partial charge in [0.25, 0.3) is 0 Å². The van der Waals surface area contributed by atoms with Crippen LogP contribution >= 0.6 is 0 Å². The van der Waals surface area contributed by atoms with Crippen LogP contribution in [0.1, 0.15) is 16.7 Å². The molecule has 0 unspecified atom stereocenters. The van der Waals surface area contributed by atoms with Crippen LogP contribution in [0.3, 0.4) is 0 Å². The molecule has 1 heterocycles. The molecule has 5 heteroatoms. The molecular weight excluding hydrogens is 298 g/mol.